The zero-order valence-corrected chi connectivity index (χ0v) is 32.6. The van der Waals surface area contributed by atoms with Crippen molar-refractivity contribution in [3.05, 3.63) is 219 Å². The molecule has 0 radical (unpaired) electrons. The second kappa shape index (κ2) is 15.0. The van der Waals surface area contributed by atoms with Crippen LogP contribution in [0.5, 0.6) is 0 Å². The highest BCUT2D eigenvalue weighted by molar-refractivity contribution is 6.25. The maximum atomic E-state index is 4.64. The summed E-state index contributed by atoms with van der Waals surface area (Å²) in [6.07, 6.45) is 15.0. The standard InChI is InChI=1S/C56H36N4/c1-2-13-53-51(11-1)52-12-3-4-14-54(52)56-32-43(15-16-55(53)56)46-28-44(39-7-5-9-41(25-39)49-30-47(33-59-35-49)37-17-21-57-22-18-37)27-45(29-46)40-8-6-10-42(26-40)50-31-48(34-60-36-50)38-19-23-58-24-20-38/h1-36H. The lowest BCUT2D eigenvalue weighted by Gasteiger charge is -2.15. The quantitative estimate of drug-likeness (QED) is 0.152. The molecule has 0 aliphatic rings. The third-order valence-electron chi connectivity index (χ3n) is 11.6. The van der Waals surface area contributed by atoms with Crippen molar-refractivity contribution in [3.8, 4) is 77.9 Å². The van der Waals surface area contributed by atoms with Gasteiger partial charge in [0.1, 0.15) is 0 Å². The van der Waals surface area contributed by atoms with Crippen LogP contribution < -0.4 is 0 Å². The largest absolute Gasteiger partial charge is 0.265 e. The molecule has 0 fully saturated rings. The molecule has 4 aromatic heterocycles. The number of hydrogen-bond donors (Lipinski definition) is 0. The van der Waals surface area contributed by atoms with Crippen LogP contribution in [-0.4, -0.2) is 19.9 Å². The van der Waals surface area contributed by atoms with E-state index in [1.54, 1.807) is 0 Å². The number of aromatic nitrogens is 4. The molecule has 0 saturated heterocycles. The first kappa shape index (κ1) is 35.1. The van der Waals surface area contributed by atoms with Crippen LogP contribution in [0.2, 0.25) is 0 Å². The molecule has 0 spiro atoms. The monoisotopic (exact) mass is 764 g/mol. The van der Waals surface area contributed by atoms with Crippen LogP contribution in [0.3, 0.4) is 0 Å². The van der Waals surface area contributed by atoms with Crippen molar-refractivity contribution in [3.63, 3.8) is 0 Å². The highest BCUT2D eigenvalue weighted by atomic mass is 14.6. The van der Waals surface area contributed by atoms with E-state index in [-0.39, 0.29) is 0 Å². The molecule has 60 heavy (non-hydrogen) atoms. The van der Waals surface area contributed by atoms with Gasteiger partial charge in [-0.15, -0.1) is 0 Å². The van der Waals surface area contributed by atoms with Crippen LogP contribution in [0.4, 0.5) is 0 Å². The summed E-state index contributed by atoms with van der Waals surface area (Å²) in [6, 6.07) is 61.6. The Balaban J connectivity index is 1.07. The van der Waals surface area contributed by atoms with Crippen LogP contribution in [0.1, 0.15) is 0 Å². The molecule has 7 aromatic carbocycles. The minimum absolute atomic E-state index is 1.06. The molecule has 4 heterocycles. The lowest BCUT2D eigenvalue weighted by atomic mass is 9.89. The first-order valence-electron chi connectivity index (χ1n) is 20.1. The first-order valence-corrected chi connectivity index (χ1v) is 20.1. The van der Waals surface area contributed by atoms with Gasteiger partial charge in [0.15, 0.2) is 0 Å². The van der Waals surface area contributed by atoms with Gasteiger partial charge >= 0.3 is 0 Å². The molecule has 4 nitrogen and oxygen atoms in total. The Kier molecular flexibility index (Phi) is 8.79. The van der Waals surface area contributed by atoms with Crippen molar-refractivity contribution in [2.45, 2.75) is 0 Å². The van der Waals surface area contributed by atoms with E-state index in [4.69, 9.17) is 0 Å². The molecule has 0 saturated carbocycles. The predicted molar refractivity (Wildman–Crippen MR) is 248 cm³/mol. The summed E-state index contributed by atoms with van der Waals surface area (Å²) in [5, 5.41) is 7.59. The fraction of sp³-hybridized carbons (Fsp3) is 0. The molecule has 4 heteroatoms. The molecule has 11 rings (SSSR count). The first-order chi connectivity index (χ1) is 29.7. The molecular weight excluding hydrogens is 729 g/mol. The van der Waals surface area contributed by atoms with E-state index >= 15 is 0 Å². The van der Waals surface area contributed by atoms with Gasteiger partial charge < -0.3 is 0 Å². The third kappa shape index (κ3) is 6.56. The number of fused-ring (bicyclic) bond motifs is 6. The summed E-state index contributed by atoms with van der Waals surface area (Å²) in [6.45, 7) is 0. The van der Waals surface area contributed by atoms with Crippen molar-refractivity contribution in [1.29, 1.82) is 0 Å². The van der Waals surface area contributed by atoms with Crippen molar-refractivity contribution < 1.29 is 0 Å². The molecule has 0 atom stereocenters. The van der Waals surface area contributed by atoms with Crippen molar-refractivity contribution >= 4 is 32.3 Å². The second-order valence-electron chi connectivity index (χ2n) is 15.2. The average molecular weight is 765 g/mol. The van der Waals surface area contributed by atoms with E-state index in [1.807, 2.05) is 73.8 Å². The summed E-state index contributed by atoms with van der Waals surface area (Å²) in [5.41, 5.74) is 15.5. The number of nitrogens with zero attached hydrogens (tertiary/aromatic N) is 4. The lowest BCUT2D eigenvalue weighted by Crippen LogP contribution is -1.90. The number of rotatable bonds is 7. The molecule has 11 aromatic rings. The minimum atomic E-state index is 1.06. The maximum absolute atomic E-state index is 4.64. The van der Waals surface area contributed by atoms with Crippen LogP contribution >= 0.6 is 0 Å². The Morgan fingerprint density at radius 3 is 0.933 bits per heavy atom. The van der Waals surface area contributed by atoms with E-state index in [2.05, 4.69) is 166 Å². The van der Waals surface area contributed by atoms with Crippen LogP contribution in [-0.2, 0) is 0 Å². The smallest absolute Gasteiger partial charge is 0.0346 e. The van der Waals surface area contributed by atoms with Gasteiger partial charge in [0.2, 0.25) is 0 Å². The summed E-state index contributed by atoms with van der Waals surface area (Å²) >= 11 is 0. The van der Waals surface area contributed by atoms with E-state index in [1.165, 1.54) is 37.9 Å². The van der Waals surface area contributed by atoms with Gasteiger partial charge in [-0.05, 0) is 161 Å². The van der Waals surface area contributed by atoms with Crippen molar-refractivity contribution in [2.75, 3.05) is 0 Å². The summed E-state index contributed by atoms with van der Waals surface area (Å²) in [5.74, 6) is 0. The van der Waals surface area contributed by atoms with Gasteiger partial charge in [-0.1, -0.05) is 97.1 Å². The zero-order valence-electron chi connectivity index (χ0n) is 32.6. The van der Waals surface area contributed by atoms with Gasteiger partial charge in [0, 0.05) is 71.8 Å². The fourth-order valence-corrected chi connectivity index (χ4v) is 8.57. The summed E-state index contributed by atoms with van der Waals surface area (Å²) in [4.78, 5) is 17.7. The van der Waals surface area contributed by atoms with Crippen LogP contribution in [0.25, 0.3) is 110 Å². The minimum Gasteiger partial charge on any atom is -0.265 e. The highest BCUT2D eigenvalue weighted by Crippen LogP contribution is 2.40. The molecule has 280 valence electrons. The van der Waals surface area contributed by atoms with Gasteiger partial charge in [0.25, 0.3) is 0 Å². The zero-order chi connectivity index (χ0) is 39.8. The molecule has 0 bridgehead atoms. The third-order valence-corrected chi connectivity index (χ3v) is 11.6. The number of benzene rings is 7. The fourth-order valence-electron chi connectivity index (χ4n) is 8.57. The summed E-state index contributed by atoms with van der Waals surface area (Å²) in [7, 11) is 0. The van der Waals surface area contributed by atoms with Crippen LogP contribution in [0, 0.1) is 0 Å². The second-order valence-corrected chi connectivity index (χ2v) is 15.2. The van der Waals surface area contributed by atoms with Gasteiger partial charge in [-0.25, -0.2) is 0 Å². The van der Waals surface area contributed by atoms with Crippen molar-refractivity contribution in [2.24, 2.45) is 0 Å². The van der Waals surface area contributed by atoms with E-state index in [0.717, 1.165) is 72.3 Å². The Bertz CT molecular complexity index is 3200. The van der Waals surface area contributed by atoms with E-state index < -0.39 is 0 Å². The normalized spacial score (nSPS) is 11.3. The predicted octanol–water partition coefficient (Wildman–Crippen LogP) is 14.4. The van der Waals surface area contributed by atoms with Gasteiger partial charge in [-0.3, -0.25) is 19.9 Å². The Morgan fingerprint density at radius 2 is 0.500 bits per heavy atom. The Hall–Kier alpha value is -8.08. The van der Waals surface area contributed by atoms with E-state index in [9.17, 15) is 0 Å². The highest BCUT2D eigenvalue weighted by Gasteiger charge is 2.14. The lowest BCUT2D eigenvalue weighted by molar-refractivity contribution is 1.30. The van der Waals surface area contributed by atoms with Gasteiger partial charge in [-0.2, -0.15) is 0 Å². The molecule has 0 N–H and O–H groups in total. The topological polar surface area (TPSA) is 51.6 Å². The van der Waals surface area contributed by atoms with Crippen LogP contribution in [0.15, 0.2) is 219 Å². The summed E-state index contributed by atoms with van der Waals surface area (Å²) < 4.78 is 0. The molecular formula is C56H36N4. The Morgan fingerprint density at radius 1 is 0.183 bits per heavy atom. The number of pyridine rings is 4. The SMILES string of the molecule is c1cc(-c2cncc(-c3ccncc3)c2)cc(-c2cc(-c3cccc(-c4cncc(-c5ccncc5)c4)c3)cc(-c3ccc4c5ccccc5c5ccccc5c4c3)c2)c1. The molecule has 0 unspecified atom stereocenters. The van der Waals surface area contributed by atoms with Gasteiger partial charge in [0.05, 0.1) is 0 Å². The Labute approximate surface area is 348 Å². The van der Waals surface area contributed by atoms with Crippen molar-refractivity contribution in [1.82, 2.24) is 19.9 Å². The van der Waals surface area contributed by atoms with E-state index in [0.29, 0.717) is 0 Å². The maximum Gasteiger partial charge on any atom is 0.0346 e. The molecule has 0 amide bonds. The number of hydrogen-bond acceptors (Lipinski definition) is 4. The molecule has 0 aliphatic heterocycles. The average Bonchev–Trinajstić information content (AvgIpc) is 3.34. The molecule has 0 aliphatic carbocycles.